The van der Waals surface area contributed by atoms with E-state index in [0.717, 1.165) is 0 Å². The molecule has 1 heterocycles. The first-order chi connectivity index (χ1) is 9.47. The Balaban J connectivity index is 2.18. The van der Waals surface area contributed by atoms with Gasteiger partial charge >= 0.3 is 0 Å². The van der Waals surface area contributed by atoms with E-state index in [1.165, 1.54) is 18.2 Å². The van der Waals surface area contributed by atoms with Crippen LogP contribution >= 0.6 is 0 Å². The first kappa shape index (κ1) is 14.2. The van der Waals surface area contributed by atoms with Crippen LogP contribution in [0.1, 0.15) is 41.9 Å². The van der Waals surface area contributed by atoms with Gasteiger partial charge in [0, 0.05) is 5.56 Å². The molecule has 2 rings (SSSR count). The van der Waals surface area contributed by atoms with E-state index in [1.807, 2.05) is 13.8 Å². The summed E-state index contributed by atoms with van der Waals surface area (Å²) >= 11 is 0. The van der Waals surface area contributed by atoms with Gasteiger partial charge in [-0.05, 0) is 31.0 Å². The predicted octanol–water partition coefficient (Wildman–Crippen LogP) is 2.38. The van der Waals surface area contributed by atoms with Crippen molar-refractivity contribution in [2.24, 2.45) is 5.92 Å². The van der Waals surface area contributed by atoms with Gasteiger partial charge in [-0.2, -0.15) is 5.10 Å². The van der Waals surface area contributed by atoms with Gasteiger partial charge in [0.1, 0.15) is 11.6 Å². The van der Waals surface area contributed by atoms with Gasteiger partial charge in [-0.1, -0.05) is 19.9 Å². The lowest BCUT2D eigenvalue weighted by atomic mass is 10.0. The lowest BCUT2D eigenvalue weighted by molar-refractivity contribution is 0.0922. The fourth-order valence-electron chi connectivity index (χ4n) is 1.88. The maximum Gasteiger partial charge on any atom is 0.251 e. The molecule has 0 aliphatic rings. The smallest absolute Gasteiger partial charge is 0.251 e. The Morgan fingerprint density at radius 2 is 2.15 bits per heavy atom. The Morgan fingerprint density at radius 3 is 2.70 bits per heavy atom. The number of H-pyrrole nitrogens is 1. The Labute approximate surface area is 116 Å². The fraction of sp³-hybridized carbons (Fsp3) is 0.357. The van der Waals surface area contributed by atoms with Gasteiger partial charge in [0.2, 0.25) is 0 Å². The molecular formula is C14H17FN4O. The molecule has 1 amide bonds. The van der Waals surface area contributed by atoms with E-state index in [4.69, 9.17) is 0 Å². The zero-order valence-electron chi connectivity index (χ0n) is 11.6. The van der Waals surface area contributed by atoms with Crippen LogP contribution in [0.3, 0.4) is 0 Å². The monoisotopic (exact) mass is 276 g/mol. The van der Waals surface area contributed by atoms with Crippen LogP contribution in [0.5, 0.6) is 0 Å². The number of aromatic amines is 1. The third-order valence-corrected chi connectivity index (χ3v) is 2.93. The summed E-state index contributed by atoms with van der Waals surface area (Å²) in [6.45, 7) is 5.71. The highest BCUT2D eigenvalue weighted by atomic mass is 19.1. The molecule has 1 aromatic heterocycles. The zero-order valence-corrected chi connectivity index (χ0v) is 11.6. The summed E-state index contributed by atoms with van der Waals surface area (Å²) in [6, 6.07) is 5.26. The second kappa shape index (κ2) is 5.81. The molecule has 6 heteroatoms. The molecule has 0 saturated carbocycles. The molecule has 2 aromatic rings. The molecule has 0 aliphatic heterocycles. The van der Waals surface area contributed by atoms with Crippen molar-refractivity contribution in [3.8, 4) is 0 Å². The van der Waals surface area contributed by atoms with E-state index in [-0.39, 0.29) is 23.4 Å². The van der Waals surface area contributed by atoms with Crippen LogP contribution < -0.4 is 5.32 Å². The number of hydrogen-bond donors (Lipinski definition) is 2. The molecule has 2 N–H and O–H groups in total. The summed E-state index contributed by atoms with van der Waals surface area (Å²) in [6.07, 6.45) is 0. The molecule has 1 unspecified atom stereocenters. The van der Waals surface area contributed by atoms with Crippen molar-refractivity contribution in [1.82, 2.24) is 20.5 Å². The van der Waals surface area contributed by atoms with Crippen LogP contribution in [0.25, 0.3) is 0 Å². The predicted molar refractivity (Wildman–Crippen MR) is 72.6 cm³/mol. The van der Waals surface area contributed by atoms with Crippen LogP contribution in [0.15, 0.2) is 24.3 Å². The molecule has 0 radical (unpaired) electrons. The second-order valence-electron chi connectivity index (χ2n) is 4.98. The van der Waals surface area contributed by atoms with Gasteiger partial charge in [0.15, 0.2) is 5.82 Å². The lowest BCUT2D eigenvalue weighted by Crippen LogP contribution is -2.32. The minimum absolute atomic E-state index is 0.114. The fourth-order valence-corrected chi connectivity index (χ4v) is 1.88. The van der Waals surface area contributed by atoms with Gasteiger partial charge in [-0.25, -0.2) is 9.37 Å². The van der Waals surface area contributed by atoms with Crippen molar-refractivity contribution in [2.75, 3.05) is 0 Å². The average Bonchev–Trinajstić information content (AvgIpc) is 2.81. The van der Waals surface area contributed by atoms with Gasteiger partial charge in [-0.15, -0.1) is 0 Å². The summed E-state index contributed by atoms with van der Waals surface area (Å²) in [7, 11) is 0. The molecule has 106 valence electrons. The average molecular weight is 276 g/mol. The van der Waals surface area contributed by atoms with Gasteiger partial charge in [-0.3, -0.25) is 9.89 Å². The zero-order chi connectivity index (χ0) is 14.7. The lowest BCUT2D eigenvalue weighted by Gasteiger charge is -2.19. The number of halogens is 1. The van der Waals surface area contributed by atoms with Crippen molar-refractivity contribution in [1.29, 1.82) is 0 Å². The number of aromatic nitrogens is 3. The first-order valence-corrected chi connectivity index (χ1v) is 6.42. The highest BCUT2D eigenvalue weighted by molar-refractivity contribution is 5.94. The molecule has 0 spiro atoms. The Hall–Kier alpha value is -2.24. The number of nitrogens with one attached hydrogen (secondary N) is 2. The third kappa shape index (κ3) is 3.20. The molecule has 0 aliphatic carbocycles. The molecule has 1 atom stereocenters. The van der Waals surface area contributed by atoms with Crippen LogP contribution in [-0.4, -0.2) is 21.1 Å². The van der Waals surface area contributed by atoms with Crippen LogP contribution in [-0.2, 0) is 0 Å². The summed E-state index contributed by atoms with van der Waals surface area (Å²) in [5.41, 5.74) is 0.280. The molecule has 0 saturated heterocycles. The highest BCUT2D eigenvalue weighted by Crippen LogP contribution is 2.19. The number of nitrogens with zero attached hydrogens (tertiary/aromatic N) is 2. The summed E-state index contributed by atoms with van der Waals surface area (Å²) in [5, 5.41) is 9.67. The van der Waals surface area contributed by atoms with Crippen molar-refractivity contribution in [3.05, 3.63) is 47.3 Å². The number of amides is 1. The minimum atomic E-state index is -0.438. The molecule has 5 nitrogen and oxygen atoms in total. The quantitative estimate of drug-likeness (QED) is 0.900. The number of benzene rings is 1. The standard InChI is InChI=1S/C14H17FN4O/c1-8(2)12(13-16-9(3)18-19-13)17-14(20)10-5-4-6-11(15)7-10/h4-8,12H,1-3H3,(H,17,20)(H,16,18,19). The van der Waals surface area contributed by atoms with E-state index < -0.39 is 5.82 Å². The topological polar surface area (TPSA) is 70.7 Å². The number of rotatable bonds is 4. The summed E-state index contributed by atoms with van der Waals surface area (Å²) in [5.74, 6) is 0.550. The number of hydrogen-bond acceptors (Lipinski definition) is 3. The molecule has 20 heavy (non-hydrogen) atoms. The van der Waals surface area contributed by atoms with Crippen molar-refractivity contribution < 1.29 is 9.18 Å². The maximum atomic E-state index is 13.1. The largest absolute Gasteiger partial charge is 0.342 e. The first-order valence-electron chi connectivity index (χ1n) is 6.42. The number of carbonyl (C=O) groups is 1. The van der Waals surface area contributed by atoms with Crippen LogP contribution in [0.4, 0.5) is 4.39 Å². The van der Waals surface area contributed by atoms with Crippen molar-refractivity contribution in [2.45, 2.75) is 26.8 Å². The van der Waals surface area contributed by atoms with E-state index >= 15 is 0 Å². The van der Waals surface area contributed by atoms with E-state index in [9.17, 15) is 9.18 Å². The highest BCUT2D eigenvalue weighted by Gasteiger charge is 2.22. The molecular weight excluding hydrogens is 259 g/mol. The summed E-state index contributed by atoms with van der Waals surface area (Å²) in [4.78, 5) is 16.4. The van der Waals surface area contributed by atoms with E-state index in [1.54, 1.807) is 13.0 Å². The number of aryl methyl sites for hydroxylation is 1. The van der Waals surface area contributed by atoms with Gasteiger partial charge in [0.05, 0.1) is 6.04 Å². The SMILES string of the molecule is Cc1nc(C(NC(=O)c2cccc(F)c2)C(C)C)n[nH]1. The Morgan fingerprint density at radius 1 is 1.40 bits per heavy atom. The molecule has 0 bridgehead atoms. The molecule has 0 fully saturated rings. The number of carbonyl (C=O) groups excluding carboxylic acids is 1. The molecule has 1 aromatic carbocycles. The minimum Gasteiger partial charge on any atom is -0.342 e. The summed E-state index contributed by atoms with van der Waals surface area (Å²) < 4.78 is 13.1. The van der Waals surface area contributed by atoms with Gasteiger partial charge in [0.25, 0.3) is 5.91 Å². The van der Waals surface area contributed by atoms with Crippen LogP contribution in [0, 0.1) is 18.7 Å². The van der Waals surface area contributed by atoms with E-state index in [0.29, 0.717) is 11.6 Å². The Bertz CT molecular complexity index is 609. The van der Waals surface area contributed by atoms with Crippen LogP contribution in [0.2, 0.25) is 0 Å². The normalized spacial score (nSPS) is 12.4. The van der Waals surface area contributed by atoms with E-state index in [2.05, 4.69) is 20.5 Å². The van der Waals surface area contributed by atoms with Gasteiger partial charge < -0.3 is 5.32 Å². The van der Waals surface area contributed by atoms with Crippen molar-refractivity contribution >= 4 is 5.91 Å². The third-order valence-electron chi connectivity index (χ3n) is 2.93. The Kier molecular flexibility index (Phi) is 4.12. The second-order valence-corrected chi connectivity index (χ2v) is 4.98. The van der Waals surface area contributed by atoms with Crippen molar-refractivity contribution in [3.63, 3.8) is 0 Å². The maximum absolute atomic E-state index is 13.1.